The minimum atomic E-state index is -0.700. The van der Waals surface area contributed by atoms with Crippen molar-refractivity contribution in [3.8, 4) is 18.1 Å². The molecule has 20 heavy (non-hydrogen) atoms. The molecule has 2 atom stereocenters. The highest BCUT2D eigenvalue weighted by molar-refractivity contribution is 6.17. The highest BCUT2D eigenvalue weighted by Crippen LogP contribution is 2.44. The zero-order valence-electron chi connectivity index (χ0n) is 11.1. The fourth-order valence-corrected chi connectivity index (χ4v) is 3.05. The Hall–Kier alpha value is -1.86. The number of hydrogen-bond donors (Lipinski definition) is 1. The Morgan fingerprint density at radius 1 is 1.65 bits per heavy atom. The van der Waals surface area contributed by atoms with E-state index in [4.69, 9.17) is 22.8 Å². The van der Waals surface area contributed by atoms with E-state index in [1.807, 2.05) is 25.1 Å². The summed E-state index contributed by atoms with van der Waals surface area (Å²) in [6.07, 6.45) is 6.01. The maximum absolute atomic E-state index is 12.2. The molecule has 0 aromatic heterocycles. The first-order valence-corrected chi connectivity index (χ1v) is 7.00. The van der Waals surface area contributed by atoms with Gasteiger partial charge >= 0.3 is 6.03 Å². The third-order valence-corrected chi connectivity index (χ3v) is 4.19. The van der Waals surface area contributed by atoms with Crippen LogP contribution in [0.25, 0.3) is 0 Å². The summed E-state index contributed by atoms with van der Waals surface area (Å²) in [6.45, 7) is 2.12. The number of rotatable bonds is 2. The normalized spacial score (nSPS) is 27.1. The molecule has 0 spiro atoms. The molecule has 2 aliphatic heterocycles. The second kappa shape index (κ2) is 4.60. The van der Waals surface area contributed by atoms with Crippen LogP contribution in [0.4, 0.5) is 4.79 Å². The van der Waals surface area contributed by atoms with Gasteiger partial charge in [0.2, 0.25) is 0 Å². The van der Waals surface area contributed by atoms with Crippen LogP contribution in [-0.2, 0) is 5.88 Å². The zero-order valence-corrected chi connectivity index (χ0v) is 11.9. The molecule has 1 aromatic rings. The number of carbonyl (C=O) groups is 1. The molecule has 1 saturated heterocycles. The summed E-state index contributed by atoms with van der Waals surface area (Å²) < 4.78 is 6.05. The van der Waals surface area contributed by atoms with Crippen molar-refractivity contribution in [1.29, 1.82) is 0 Å². The summed E-state index contributed by atoms with van der Waals surface area (Å²) in [6, 6.07) is 5.58. The molecular formula is C15H15ClN2O2. The fourth-order valence-electron chi connectivity index (χ4n) is 2.88. The minimum absolute atomic E-state index is 0.0616. The molecule has 2 unspecified atom stereocenters. The summed E-state index contributed by atoms with van der Waals surface area (Å²) in [5.41, 5.74) is 1.29. The predicted octanol–water partition coefficient (Wildman–Crippen LogP) is 2.62. The van der Waals surface area contributed by atoms with Crippen LogP contribution in [0.3, 0.4) is 0 Å². The van der Waals surface area contributed by atoms with Gasteiger partial charge in [0.25, 0.3) is 0 Å². The van der Waals surface area contributed by atoms with Gasteiger partial charge in [-0.05, 0) is 24.6 Å². The van der Waals surface area contributed by atoms with Crippen molar-refractivity contribution in [3.63, 3.8) is 0 Å². The van der Waals surface area contributed by atoms with E-state index in [9.17, 15) is 4.79 Å². The van der Waals surface area contributed by atoms with Gasteiger partial charge < -0.3 is 10.1 Å². The Balaban J connectivity index is 2.03. The Labute approximate surface area is 123 Å². The molecule has 1 fully saturated rings. The van der Waals surface area contributed by atoms with Gasteiger partial charge in [0, 0.05) is 17.9 Å². The van der Waals surface area contributed by atoms with Crippen molar-refractivity contribution in [3.05, 3.63) is 29.3 Å². The fraction of sp³-hybridized carbons (Fsp3) is 0.400. The number of nitrogens with one attached hydrogen (secondary N) is 1. The Morgan fingerprint density at radius 2 is 2.45 bits per heavy atom. The number of terminal acetylenes is 1. The van der Waals surface area contributed by atoms with Crippen LogP contribution < -0.4 is 10.1 Å². The first kappa shape index (κ1) is 13.1. The number of ether oxygens (including phenoxy) is 1. The predicted molar refractivity (Wildman–Crippen MR) is 76.5 cm³/mol. The zero-order chi connectivity index (χ0) is 14.3. The van der Waals surface area contributed by atoms with Gasteiger partial charge in [0.1, 0.15) is 5.75 Å². The Morgan fingerprint density at radius 3 is 3.15 bits per heavy atom. The van der Waals surface area contributed by atoms with Crippen molar-refractivity contribution >= 4 is 17.6 Å². The number of fused-ring (bicyclic) bond motifs is 4. The maximum Gasteiger partial charge on any atom is 0.321 e. The lowest BCUT2D eigenvalue weighted by Gasteiger charge is -2.50. The molecule has 1 aromatic carbocycles. The number of carbonyl (C=O) groups excluding carboxylic acids is 1. The molecule has 5 heteroatoms. The topological polar surface area (TPSA) is 41.6 Å². The third kappa shape index (κ3) is 1.90. The lowest BCUT2D eigenvalue weighted by atomic mass is 9.89. The largest absolute Gasteiger partial charge is 0.468 e. The van der Waals surface area contributed by atoms with Crippen molar-refractivity contribution in [2.24, 2.45) is 0 Å². The SMILES string of the molecule is C#CCN1C(=O)NC2CC1(C)Oc1ccc(CCl)cc12. The third-order valence-electron chi connectivity index (χ3n) is 3.88. The van der Waals surface area contributed by atoms with Crippen LogP contribution in [0.2, 0.25) is 0 Å². The van der Waals surface area contributed by atoms with Gasteiger partial charge in [-0.15, -0.1) is 18.0 Å². The molecule has 1 N–H and O–H groups in total. The molecule has 3 rings (SSSR count). The van der Waals surface area contributed by atoms with E-state index in [1.54, 1.807) is 4.90 Å². The van der Waals surface area contributed by atoms with E-state index < -0.39 is 5.72 Å². The van der Waals surface area contributed by atoms with Crippen LogP contribution in [0.5, 0.6) is 5.75 Å². The summed E-state index contributed by atoms with van der Waals surface area (Å²) in [5.74, 6) is 3.72. The highest BCUT2D eigenvalue weighted by Gasteiger charge is 2.48. The minimum Gasteiger partial charge on any atom is -0.468 e. The molecule has 2 heterocycles. The Kier molecular flexibility index (Phi) is 3.02. The van der Waals surface area contributed by atoms with Crippen LogP contribution in [-0.4, -0.2) is 23.2 Å². The average molecular weight is 291 g/mol. The second-order valence-electron chi connectivity index (χ2n) is 5.28. The van der Waals surface area contributed by atoms with E-state index in [-0.39, 0.29) is 18.6 Å². The average Bonchev–Trinajstić information content (AvgIpc) is 2.43. The van der Waals surface area contributed by atoms with Gasteiger partial charge in [-0.3, -0.25) is 4.90 Å². The van der Waals surface area contributed by atoms with E-state index in [1.165, 1.54) is 0 Å². The second-order valence-corrected chi connectivity index (χ2v) is 5.55. The van der Waals surface area contributed by atoms with Crippen molar-refractivity contribution in [1.82, 2.24) is 10.2 Å². The van der Waals surface area contributed by atoms with Gasteiger partial charge in [-0.1, -0.05) is 12.0 Å². The van der Waals surface area contributed by atoms with Crippen LogP contribution in [0.15, 0.2) is 18.2 Å². The standard InChI is InChI=1S/C15H15ClN2O2/c1-3-6-18-14(19)17-12-8-15(18,2)20-13-5-4-10(9-16)7-11(12)13/h1,4-5,7,12H,6,8-9H2,2H3,(H,17,19). The van der Waals surface area contributed by atoms with Crippen molar-refractivity contribution in [2.75, 3.05) is 6.54 Å². The molecule has 0 radical (unpaired) electrons. The lowest BCUT2D eigenvalue weighted by molar-refractivity contribution is -0.0779. The number of benzene rings is 1. The summed E-state index contributed by atoms with van der Waals surface area (Å²) in [5, 5.41) is 2.98. The maximum atomic E-state index is 12.2. The molecule has 2 aliphatic rings. The summed E-state index contributed by atoms with van der Waals surface area (Å²) >= 11 is 5.86. The molecule has 2 amide bonds. The molecule has 0 saturated carbocycles. The number of urea groups is 1. The molecule has 104 valence electrons. The van der Waals surface area contributed by atoms with Crippen molar-refractivity contribution < 1.29 is 9.53 Å². The van der Waals surface area contributed by atoms with Gasteiger partial charge in [0.05, 0.1) is 12.6 Å². The lowest BCUT2D eigenvalue weighted by Crippen LogP contribution is -2.64. The number of amides is 2. The number of halogens is 1. The van der Waals surface area contributed by atoms with Crippen LogP contribution >= 0.6 is 11.6 Å². The van der Waals surface area contributed by atoms with Crippen LogP contribution in [0, 0.1) is 12.3 Å². The smallest absolute Gasteiger partial charge is 0.321 e. The first-order chi connectivity index (χ1) is 9.57. The number of nitrogens with zero attached hydrogens (tertiary/aromatic N) is 1. The van der Waals surface area contributed by atoms with Gasteiger partial charge in [-0.2, -0.15) is 0 Å². The highest BCUT2D eigenvalue weighted by atomic mass is 35.5. The van der Waals surface area contributed by atoms with Crippen LogP contribution in [0.1, 0.15) is 30.5 Å². The molecular weight excluding hydrogens is 276 g/mol. The van der Waals surface area contributed by atoms with E-state index in [2.05, 4.69) is 11.2 Å². The van der Waals surface area contributed by atoms with E-state index >= 15 is 0 Å². The summed E-state index contributed by atoms with van der Waals surface area (Å²) in [7, 11) is 0. The van der Waals surface area contributed by atoms with E-state index in [0.717, 1.165) is 16.9 Å². The number of hydrogen-bond acceptors (Lipinski definition) is 2. The Bertz CT molecular complexity index is 610. The molecule has 2 bridgehead atoms. The molecule has 4 nitrogen and oxygen atoms in total. The quantitative estimate of drug-likeness (QED) is 0.672. The summed E-state index contributed by atoms with van der Waals surface area (Å²) in [4.78, 5) is 13.7. The first-order valence-electron chi connectivity index (χ1n) is 6.47. The number of alkyl halides is 1. The van der Waals surface area contributed by atoms with E-state index in [0.29, 0.717) is 12.3 Å². The van der Waals surface area contributed by atoms with Gasteiger partial charge in [0.15, 0.2) is 5.72 Å². The van der Waals surface area contributed by atoms with Crippen molar-refractivity contribution in [2.45, 2.75) is 31.0 Å². The molecule has 0 aliphatic carbocycles. The van der Waals surface area contributed by atoms with Gasteiger partial charge in [-0.25, -0.2) is 4.79 Å². The monoisotopic (exact) mass is 290 g/mol.